The highest BCUT2D eigenvalue weighted by molar-refractivity contribution is 9.10. The maximum Gasteiger partial charge on any atom is 0.305 e. The smallest absolute Gasteiger partial charge is 0.305 e. The maximum absolute atomic E-state index is 10.9. The highest BCUT2D eigenvalue weighted by Gasteiger charge is 2.07. The van der Waals surface area contributed by atoms with E-state index in [-0.39, 0.29) is 5.97 Å². The summed E-state index contributed by atoms with van der Waals surface area (Å²) in [5.41, 5.74) is 2.19. The molecule has 0 aromatic carbocycles. The summed E-state index contributed by atoms with van der Waals surface area (Å²) in [6.45, 7) is 4.95. The van der Waals surface area contributed by atoms with E-state index in [1.807, 2.05) is 11.6 Å². The van der Waals surface area contributed by atoms with Crippen molar-refractivity contribution in [1.29, 1.82) is 0 Å². The van der Waals surface area contributed by atoms with Crippen molar-refractivity contribution in [1.82, 2.24) is 9.78 Å². The lowest BCUT2D eigenvalue weighted by Gasteiger charge is -2.04. The Morgan fingerprint density at radius 1 is 1.35 bits per heavy atom. The number of hydrogen-bond acceptors (Lipinski definition) is 3. The van der Waals surface area contributed by atoms with Crippen molar-refractivity contribution in [3.8, 4) is 0 Å². The van der Waals surface area contributed by atoms with Crippen molar-refractivity contribution < 1.29 is 9.53 Å². The molecule has 0 saturated heterocycles. The van der Waals surface area contributed by atoms with Gasteiger partial charge in [-0.25, -0.2) is 0 Å². The van der Waals surface area contributed by atoms with Crippen LogP contribution in [-0.4, -0.2) is 22.9 Å². The first-order valence-corrected chi connectivity index (χ1v) is 6.62. The Bertz CT molecular complexity index is 388. The second-order valence-electron chi connectivity index (χ2n) is 4.09. The van der Waals surface area contributed by atoms with Crippen LogP contribution in [0.25, 0.3) is 0 Å². The average Bonchev–Trinajstić information content (AvgIpc) is 2.56. The van der Waals surface area contributed by atoms with E-state index in [2.05, 4.69) is 32.7 Å². The van der Waals surface area contributed by atoms with Gasteiger partial charge in [-0.2, -0.15) is 5.10 Å². The Labute approximate surface area is 110 Å². The van der Waals surface area contributed by atoms with Crippen LogP contribution < -0.4 is 0 Å². The zero-order valence-electron chi connectivity index (χ0n) is 10.6. The fourth-order valence-electron chi connectivity index (χ4n) is 1.70. The van der Waals surface area contributed by atoms with Crippen LogP contribution >= 0.6 is 15.9 Å². The third-order valence-electron chi connectivity index (χ3n) is 2.77. The molecule has 1 rings (SSSR count). The van der Waals surface area contributed by atoms with E-state index in [0.29, 0.717) is 6.42 Å². The largest absolute Gasteiger partial charge is 0.469 e. The summed E-state index contributed by atoms with van der Waals surface area (Å²) in [6.07, 6.45) is 3.45. The van der Waals surface area contributed by atoms with E-state index < -0.39 is 0 Å². The summed E-state index contributed by atoms with van der Waals surface area (Å²) in [5.74, 6) is -0.126. The number of ether oxygens (including phenoxy) is 1. The Hall–Kier alpha value is -0.840. The first-order chi connectivity index (χ1) is 8.06. The molecule has 0 aliphatic carbocycles. The number of aromatic nitrogens is 2. The van der Waals surface area contributed by atoms with E-state index in [1.165, 1.54) is 7.11 Å². The Balaban J connectivity index is 2.27. The van der Waals surface area contributed by atoms with Crippen LogP contribution in [0.1, 0.15) is 37.1 Å². The summed E-state index contributed by atoms with van der Waals surface area (Å²) in [7, 11) is 1.43. The van der Waals surface area contributed by atoms with Crippen LogP contribution in [-0.2, 0) is 16.1 Å². The Morgan fingerprint density at radius 2 is 2.06 bits per heavy atom. The SMILES string of the molecule is COC(=O)CCCCCn1nc(C)c(Br)c1C. The molecule has 0 fully saturated rings. The monoisotopic (exact) mass is 302 g/mol. The van der Waals surface area contributed by atoms with Gasteiger partial charge in [0.1, 0.15) is 0 Å². The van der Waals surface area contributed by atoms with Gasteiger partial charge < -0.3 is 4.74 Å². The zero-order chi connectivity index (χ0) is 12.8. The summed E-state index contributed by atoms with van der Waals surface area (Å²) in [6, 6.07) is 0. The van der Waals surface area contributed by atoms with Crippen LogP contribution in [0.3, 0.4) is 0 Å². The quantitative estimate of drug-likeness (QED) is 0.599. The van der Waals surface area contributed by atoms with E-state index in [1.54, 1.807) is 0 Å². The minimum Gasteiger partial charge on any atom is -0.469 e. The molecule has 1 aromatic rings. The fraction of sp³-hybridized carbons (Fsp3) is 0.667. The lowest BCUT2D eigenvalue weighted by atomic mass is 10.2. The topological polar surface area (TPSA) is 44.1 Å². The van der Waals surface area contributed by atoms with E-state index in [9.17, 15) is 4.79 Å². The zero-order valence-corrected chi connectivity index (χ0v) is 12.2. The van der Waals surface area contributed by atoms with Gasteiger partial charge >= 0.3 is 5.97 Å². The molecule has 5 heteroatoms. The number of hydrogen-bond donors (Lipinski definition) is 0. The van der Waals surface area contributed by atoms with Crippen molar-refractivity contribution in [2.45, 2.75) is 46.1 Å². The molecule has 1 heterocycles. The minimum atomic E-state index is -0.126. The number of nitrogens with zero attached hydrogens (tertiary/aromatic N) is 2. The molecule has 96 valence electrons. The molecule has 0 atom stereocenters. The van der Waals surface area contributed by atoms with Crippen molar-refractivity contribution in [2.24, 2.45) is 0 Å². The van der Waals surface area contributed by atoms with Gasteiger partial charge in [-0.15, -0.1) is 0 Å². The van der Waals surface area contributed by atoms with Gasteiger partial charge in [0.25, 0.3) is 0 Å². The van der Waals surface area contributed by atoms with Crippen molar-refractivity contribution in [2.75, 3.05) is 7.11 Å². The highest BCUT2D eigenvalue weighted by atomic mass is 79.9. The summed E-state index contributed by atoms with van der Waals surface area (Å²) < 4.78 is 7.69. The fourth-order valence-corrected chi connectivity index (χ4v) is 1.99. The molecule has 0 aliphatic heterocycles. The van der Waals surface area contributed by atoms with Gasteiger partial charge in [-0.1, -0.05) is 6.42 Å². The lowest BCUT2D eigenvalue weighted by Crippen LogP contribution is -2.03. The van der Waals surface area contributed by atoms with Crippen molar-refractivity contribution in [3.05, 3.63) is 15.9 Å². The van der Waals surface area contributed by atoms with Gasteiger partial charge in [0.2, 0.25) is 0 Å². The number of halogens is 1. The number of carbonyl (C=O) groups is 1. The summed E-state index contributed by atoms with van der Waals surface area (Å²) in [4.78, 5) is 10.9. The predicted molar refractivity (Wildman–Crippen MR) is 69.9 cm³/mol. The summed E-state index contributed by atoms with van der Waals surface area (Å²) in [5, 5.41) is 4.44. The van der Waals surface area contributed by atoms with Crippen LogP contribution in [0.5, 0.6) is 0 Å². The first kappa shape index (κ1) is 14.2. The van der Waals surface area contributed by atoms with E-state index >= 15 is 0 Å². The average molecular weight is 303 g/mol. The normalized spacial score (nSPS) is 10.6. The number of rotatable bonds is 6. The molecule has 0 unspecified atom stereocenters. The van der Waals surface area contributed by atoms with E-state index in [4.69, 9.17) is 0 Å². The third kappa shape index (κ3) is 4.15. The Morgan fingerprint density at radius 3 is 2.59 bits per heavy atom. The number of carbonyl (C=O) groups excluding carboxylic acids is 1. The van der Waals surface area contributed by atoms with E-state index in [0.717, 1.165) is 41.7 Å². The molecule has 0 saturated carbocycles. The van der Waals surface area contributed by atoms with Gasteiger partial charge in [0.15, 0.2) is 0 Å². The van der Waals surface area contributed by atoms with Crippen LogP contribution in [0, 0.1) is 13.8 Å². The minimum absolute atomic E-state index is 0.126. The Kier molecular flexibility index (Phi) is 5.68. The number of aryl methyl sites for hydroxylation is 2. The molecule has 17 heavy (non-hydrogen) atoms. The van der Waals surface area contributed by atoms with Crippen LogP contribution in [0.4, 0.5) is 0 Å². The third-order valence-corrected chi connectivity index (χ3v) is 3.92. The number of esters is 1. The van der Waals surface area contributed by atoms with Gasteiger partial charge in [-0.05, 0) is 42.6 Å². The van der Waals surface area contributed by atoms with Crippen LogP contribution in [0.15, 0.2) is 4.47 Å². The first-order valence-electron chi connectivity index (χ1n) is 5.82. The van der Waals surface area contributed by atoms with Crippen molar-refractivity contribution >= 4 is 21.9 Å². The van der Waals surface area contributed by atoms with Gasteiger partial charge in [0.05, 0.1) is 17.3 Å². The van der Waals surface area contributed by atoms with Crippen molar-refractivity contribution in [3.63, 3.8) is 0 Å². The number of unbranched alkanes of at least 4 members (excludes halogenated alkanes) is 2. The molecule has 1 aromatic heterocycles. The second kappa shape index (κ2) is 6.79. The van der Waals surface area contributed by atoms with Gasteiger partial charge in [-0.3, -0.25) is 9.48 Å². The molecule has 0 bridgehead atoms. The standard InChI is InChI=1S/C12H19BrN2O2/c1-9-12(13)10(2)15(14-9)8-6-4-5-7-11(16)17-3/h4-8H2,1-3H3. The molecule has 0 amide bonds. The molecular formula is C12H19BrN2O2. The summed E-state index contributed by atoms with van der Waals surface area (Å²) >= 11 is 3.51. The predicted octanol–water partition coefficient (Wildman–Crippen LogP) is 3.00. The molecule has 0 aliphatic rings. The molecular weight excluding hydrogens is 284 g/mol. The molecule has 0 spiro atoms. The molecule has 0 N–H and O–H groups in total. The second-order valence-corrected chi connectivity index (χ2v) is 4.89. The van der Waals surface area contributed by atoms with Crippen LogP contribution in [0.2, 0.25) is 0 Å². The maximum atomic E-state index is 10.9. The molecule has 4 nitrogen and oxygen atoms in total. The lowest BCUT2D eigenvalue weighted by molar-refractivity contribution is -0.140. The van der Waals surface area contributed by atoms with Gasteiger partial charge in [0, 0.05) is 18.7 Å². The highest BCUT2D eigenvalue weighted by Crippen LogP contribution is 2.20. The molecule has 0 radical (unpaired) electrons. The number of methoxy groups -OCH3 is 1.